The lowest BCUT2D eigenvalue weighted by atomic mass is 9.99. The topological polar surface area (TPSA) is 237 Å². The number of carbonyl (C=O) groups is 4. The third-order valence-corrected chi connectivity index (χ3v) is 21.9. The molecule has 103 heavy (non-hydrogen) atoms. The molecule has 3 N–H and O–H groups in total. The Hall–Kier alpha value is -1.94. The highest BCUT2D eigenvalue weighted by Crippen LogP contribution is 2.45. The highest BCUT2D eigenvalue weighted by molar-refractivity contribution is 7.47. The van der Waals surface area contributed by atoms with E-state index >= 15 is 0 Å². The number of ether oxygens (including phenoxy) is 4. The second-order valence-corrected chi connectivity index (χ2v) is 34.3. The zero-order chi connectivity index (χ0) is 75.8. The predicted octanol–water partition coefficient (Wildman–Crippen LogP) is 25.3. The maximum absolute atomic E-state index is 13.1. The van der Waals surface area contributed by atoms with Gasteiger partial charge in [-0.2, -0.15) is 0 Å². The molecule has 0 amide bonds. The van der Waals surface area contributed by atoms with Gasteiger partial charge in [0.05, 0.1) is 26.4 Å². The zero-order valence-electron chi connectivity index (χ0n) is 67.8. The Bertz CT molecular complexity index is 1990. The van der Waals surface area contributed by atoms with Crippen molar-refractivity contribution in [3.8, 4) is 0 Å². The fourth-order valence-corrected chi connectivity index (χ4v) is 14.6. The van der Waals surface area contributed by atoms with Gasteiger partial charge in [-0.3, -0.25) is 37.3 Å². The molecule has 0 aromatic carbocycles. The van der Waals surface area contributed by atoms with Gasteiger partial charge >= 0.3 is 39.5 Å². The van der Waals surface area contributed by atoms with Crippen LogP contribution in [0, 0.1) is 17.8 Å². The first-order chi connectivity index (χ1) is 49.8. The number of hydrogen-bond donors (Lipinski definition) is 3. The Balaban J connectivity index is 5.22. The van der Waals surface area contributed by atoms with Crippen LogP contribution in [0.15, 0.2) is 0 Å². The summed E-state index contributed by atoms with van der Waals surface area (Å²) >= 11 is 0. The van der Waals surface area contributed by atoms with Crippen molar-refractivity contribution in [2.45, 2.75) is 458 Å². The number of hydrogen-bond acceptors (Lipinski definition) is 15. The molecule has 0 bridgehead atoms. The molecule has 0 spiro atoms. The molecule has 0 aromatic rings. The molecule has 19 heteroatoms. The number of phosphoric acid groups is 2. The van der Waals surface area contributed by atoms with Crippen LogP contribution in [0.5, 0.6) is 0 Å². The lowest BCUT2D eigenvalue weighted by Gasteiger charge is -2.21. The average Bonchev–Trinajstić information content (AvgIpc) is 0.919. The van der Waals surface area contributed by atoms with Crippen LogP contribution in [-0.4, -0.2) is 96.7 Å². The fourth-order valence-electron chi connectivity index (χ4n) is 13.0. The van der Waals surface area contributed by atoms with Crippen molar-refractivity contribution >= 4 is 39.5 Å². The van der Waals surface area contributed by atoms with Gasteiger partial charge < -0.3 is 33.8 Å². The molecular weight excluding hydrogens is 1340 g/mol. The summed E-state index contributed by atoms with van der Waals surface area (Å²) in [6, 6.07) is 0. The van der Waals surface area contributed by atoms with Gasteiger partial charge in [0.25, 0.3) is 0 Å². The first kappa shape index (κ1) is 101. The van der Waals surface area contributed by atoms with Crippen LogP contribution >= 0.6 is 15.6 Å². The first-order valence-electron chi connectivity index (χ1n) is 43.4. The van der Waals surface area contributed by atoms with Crippen LogP contribution in [-0.2, 0) is 65.4 Å². The summed E-state index contributed by atoms with van der Waals surface area (Å²) in [4.78, 5) is 73.1. The van der Waals surface area contributed by atoms with Gasteiger partial charge in [-0.05, 0) is 43.4 Å². The van der Waals surface area contributed by atoms with Crippen molar-refractivity contribution in [1.82, 2.24) is 0 Å². The predicted molar refractivity (Wildman–Crippen MR) is 423 cm³/mol. The van der Waals surface area contributed by atoms with E-state index < -0.39 is 97.5 Å². The second-order valence-electron chi connectivity index (χ2n) is 31.4. The van der Waals surface area contributed by atoms with Gasteiger partial charge in [-0.15, -0.1) is 0 Å². The number of rotatable bonds is 82. The molecule has 0 aliphatic heterocycles. The molecule has 0 fully saturated rings. The van der Waals surface area contributed by atoms with Gasteiger partial charge in [0.2, 0.25) is 0 Å². The van der Waals surface area contributed by atoms with Crippen molar-refractivity contribution in [2.24, 2.45) is 17.8 Å². The quantitative estimate of drug-likeness (QED) is 0.0222. The minimum absolute atomic E-state index is 0.107. The van der Waals surface area contributed by atoms with Crippen molar-refractivity contribution < 1.29 is 80.2 Å². The summed E-state index contributed by atoms with van der Waals surface area (Å²) in [6.07, 6.45) is 63.9. The minimum atomic E-state index is -4.96. The van der Waals surface area contributed by atoms with E-state index in [-0.39, 0.29) is 25.7 Å². The Morgan fingerprint density at radius 1 is 0.282 bits per heavy atom. The summed E-state index contributed by atoms with van der Waals surface area (Å²) in [6.45, 7) is 12.0. The average molecular weight is 1510 g/mol. The van der Waals surface area contributed by atoms with E-state index in [1.54, 1.807) is 0 Å². The van der Waals surface area contributed by atoms with E-state index in [4.69, 9.17) is 37.0 Å². The smallest absolute Gasteiger partial charge is 0.462 e. The van der Waals surface area contributed by atoms with Crippen LogP contribution < -0.4 is 0 Å². The molecule has 0 radical (unpaired) electrons. The molecule has 0 rings (SSSR count). The zero-order valence-corrected chi connectivity index (χ0v) is 69.6. The molecule has 0 aromatic heterocycles. The Morgan fingerprint density at radius 3 is 0.738 bits per heavy atom. The first-order valence-corrected chi connectivity index (χ1v) is 46.4. The van der Waals surface area contributed by atoms with Crippen molar-refractivity contribution in [2.75, 3.05) is 39.6 Å². The van der Waals surface area contributed by atoms with Crippen molar-refractivity contribution in [3.05, 3.63) is 0 Å². The molecule has 0 aliphatic rings. The number of phosphoric ester groups is 2. The second kappa shape index (κ2) is 74.2. The molecule has 6 atom stereocenters. The van der Waals surface area contributed by atoms with Crippen molar-refractivity contribution in [3.63, 3.8) is 0 Å². The standard InChI is InChI=1S/C84H164O17P2/c1-8-10-11-12-13-14-15-16-27-33-38-45-53-60-67-84(89)101-80(72-95-82(87)66-59-52-47-40-42-49-56-63-76(5)6)74-99-103(92,93)97-70-78(85)69-96-102(90,91)98-73-79(71-94-81(86)65-58-51-44-37-32-28-24-23-25-30-35-41-48-55-62-75(3)4)100-83(88)68-61-54-46-39-34-29-22-20-18-17-19-21-26-31-36-43-50-57-64-77(7)9-2/h75-80,85H,8-74H2,1-7H3,(H,90,91)(H,92,93)/t77?,78-,79-,80-/m1/s1. The molecular formula is C84H164O17P2. The van der Waals surface area contributed by atoms with E-state index in [0.29, 0.717) is 31.6 Å². The van der Waals surface area contributed by atoms with Crippen LogP contribution in [0.4, 0.5) is 0 Å². The molecule has 0 saturated heterocycles. The maximum Gasteiger partial charge on any atom is 0.472 e. The molecule has 0 heterocycles. The van der Waals surface area contributed by atoms with Crippen LogP contribution in [0.2, 0.25) is 0 Å². The number of unbranched alkanes of at least 4 members (excludes halogenated alkanes) is 49. The highest BCUT2D eigenvalue weighted by Gasteiger charge is 2.30. The largest absolute Gasteiger partial charge is 0.472 e. The monoisotopic (exact) mass is 1510 g/mol. The van der Waals surface area contributed by atoms with Crippen molar-refractivity contribution in [1.29, 1.82) is 0 Å². The molecule has 0 saturated carbocycles. The van der Waals surface area contributed by atoms with Gasteiger partial charge in [0, 0.05) is 25.7 Å². The lowest BCUT2D eigenvalue weighted by molar-refractivity contribution is -0.161. The molecule has 612 valence electrons. The van der Waals surface area contributed by atoms with E-state index in [1.165, 1.54) is 244 Å². The van der Waals surface area contributed by atoms with Gasteiger partial charge in [-0.25, -0.2) is 9.13 Å². The lowest BCUT2D eigenvalue weighted by Crippen LogP contribution is -2.30. The number of aliphatic hydroxyl groups excluding tert-OH is 1. The normalized spacial score (nSPS) is 14.2. The minimum Gasteiger partial charge on any atom is -0.462 e. The van der Waals surface area contributed by atoms with E-state index in [1.807, 2.05) is 0 Å². The summed E-state index contributed by atoms with van der Waals surface area (Å²) in [5, 5.41) is 10.7. The maximum atomic E-state index is 13.1. The summed E-state index contributed by atoms with van der Waals surface area (Å²) in [7, 11) is -9.92. The molecule has 17 nitrogen and oxygen atoms in total. The molecule has 3 unspecified atom stereocenters. The Morgan fingerprint density at radius 2 is 0.495 bits per heavy atom. The third kappa shape index (κ3) is 76.6. The summed E-state index contributed by atoms with van der Waals surface area (Å²) < 4.78 is 68.8. The van der Waals surface area contributed by atoms with E-state index in [2.05, 4.69) is 48.5 Å². The summed E-state index contributed by atoms with van der Waals surface area (Å²) in [5.74, 6) is 0.268. The Labute approximate surface area is 632 Å². The Kier molecular flexibility index (Phi) is 72.8. The van der Waals surface area contributed by atoms with Gasteiger partial charge in [0.1, 0.15) is 19.3 Å². The SMILES string of the molecule is CCCCCCCCCCCCCCCCC(=O)O[C@H](COC(=O)CCCCCCCCCC(C)C)COP(=O)(O)OC[C@H](O)COP(=O)(O)OC[C@@H](COC(=O)CCCCCCCCCCCCCCCCC(C)C)OC(=O)CCCCCCCCCCCCCCCCCCCCC(C)CC. The van der Waals surface area contributed by atoms with E-state index in [9.17, 15) is 43.2 Å². The van der Waals surface area contributed by atoms with Gasteiger partial charge in [0.15, 0.2) is 12.2 Å². The number of carbonyl (C=O) groups excluding carboxylic acids is 4. The van der Waals surface area contributed by atoms with Gasteiger partial charge in [-0.1, -0.05) is 389 Å². The fraction of sp³-hybridized carbons (Fsp3) is 0.952. The van der Waals surface area contributed by atoms with Crippen LogP contribution in [0.25, 0.3) is 0 Å². The third-order valence-electron chi connectivity index (χ3n) is 20.0. The number of aliphatic hydroxyl groups is 1. The molecule has 0 aliphatic carbocycles. The summed E-state index contributed by atoms with van der Waals surface area (Å²) in [5.41, 5.74) is 0. The highest BCUT2D eigenvalue weighted by atomic mass is 31.2. The number of esters is 4. The van der Waals surface area contributed by atoms with E-state index in [0.717, 1.165) is 108 Å². The van der Waals surface area contributed by atoms with Crippen LogP contribution in [0.1, 0.15) is 440 Å². The van der Waals surface area contributed by atoms with Crippen LogP contribution in [0.3, 0.4) is 0 Å².